The van der Waals surface area contributed by atoms with Gasteiger partial charge in [-0.05, 0) is 75.3 Å². The molecule has 1 aliphatic rings. The normalized spacial score (nSPS) is 19.3. The first kappa shape index (κ1) is 29.7. The van der Waals surface area contributed by atoms with Gasteiger partial charge in [-0.25, -0.2) is 0 Å². The summed E-state index contributed by atoms with van der Waals surface area (Å²) in [6.07, 6.45) is 15.7. The molecular weight excluding hydrogens is 430 g/mol. The third-order valence-corrected chi connectivity index (χ3v) is 8.30. The molecular formula is C32H55NO2. The molecule has 1 aromatic carbocycles. The molecule has 0 amide bonds. The van der Waals surface area contributed by atoms with Gasteiger partial charge in [0.25, 0.3) is 0 Å². The van der Waals surface area contributed by atoms with E-state index in [1.165, 1.54) is 56.9 Å². The average Bonchev–Trinajstić information content (AvgIpc) is 2.80. The molecule has 2 rings (SSSR count). The van der Waals surface area contributed by atoms with E-state index in [-0.39, 0.29) is 5.60 Å². The van der Waals surface area contributed by atoms with Crippen molar-refractivity contribution in [3.8, 4) is 11.5 Å². The van der Waals surface area contributed by atoms with E-state index in [1.54, 1.807) is 0 Å². The molecule has 0 radical (unpaired) electrons. The molecule has 3 atom stereocenters. The summed E-state index contributed by atoms with van der Waals surface area (Å²) in [5.41, 5.74) is 4.11. The van der Waals surface area contributed by atoms with Crippen LogP contribution in [0.15, 0.2) is 12.7 Å². The molecule has 3 heteroatoms. The predicted molar refractivity (Wildman–Crippen MR) is 152 cm³/mol. The lowest BCUT2D eigenvalue weighted by Crippen LogP contribution is -2.37. The van der Waals surface area contributed by atoms with Crippen LogP contribution in [-0.4, -0.2) is 17.3 Å². The third kappa shape index (κ3) is 9.16. The number of ether oxygens (including phenoxy) is 1. The number of phenolic OH excluding ortho intramolecular Hbond substituents is 1. The van der Waals surface area contributed by atoms with Crippen LogP contribution in [0.25, 0.3) is 0 Å². The van der Waals surface area contributed by atoms with Gasteiger partial charge in [0.15, 0.2) is 0 Å². The van der Waals surface area contributed by atoms with Crippen LogP contribution in [0.3, 0.4) is 0 Å². The van der Waals surface area contributed by atoms with Crippen molar-refractivity contribution in [2.45, 2.75) is 131 Å². The smallest absolute Gasteiger partial charge is 0.127 e. The van der Waals surface area contributed by atoms with Crippen molar-refractivity contribution in [3.05, 3.63) is 34.9 Å². The minimum Gasteiger partial charge on any atom is -0.507 e. The zero-order chi connectivity index (χ0) is 26.0. The Morgan fingerprint density at radius 2 is 1.57 bits per heavy atom. The second-order valence-corrected chi connectivity index (χ2v) is 12.2. The number of aromatic hydroxyl groups is 1. The molecule has 0 spiro atoms. The highest BCUT2D eigenvalue weighted by Crippen LogP contribution is 2.45. The molecule has 1 aromatic rings. The third-order valence-electron chi connectivity index (χ3n) is 8.30. The van der Waals surface area contributed by atoms with Gasteiger partial charge in [0.1, 0.15) is 17.1 Å². The first-order valence-electron chi connectivity index (χ1n) is 14.4. The summed E-state index contributed by atoms with van der Waals surface area (Å²) >= 11 is 0. The Kier molecular flexibility index (Phi) is 12.2. The van der Waals surface area contributed by atoms with Gasteiger partial charge in [0.05, 0.1) is 0 Å². The summed E-state index contributed by atoms with van der Waals surface area (Å²) in [5, 5.41) is 14.2. The van der Waals surface area contributed by atoms with Crippen molar-refractivity contribution in [2.75, 3.05) is 6.54 Å². The van der Waals surface area contributed by atoms with Crippen LogP contribution in [0.4, 0.5) is 0 Å². The topological polar surface area (TPSA) is 41.5 Å². The number of rotatable bonds is 16. The Labute approximate surface area is 217 Å². The lowest BCUT2D eigenvalue weighted by Gasteiger charge is -2.38. The molecule has 1 heterocycles. The first-order valence-corrected chi connectivity index (χ1v) is 14.4. The first-order chi connectivity index (χ1) is 16.6. The Morgan fingerprint density at radius 1 is 0.971 bits per heavy atom. The highest BCUT2D eigenvalue weighted by atomic mass is 16.5. The van der Waals surface area contributed by atoms with Crippen LogP contribution < -0.4 is 10.1 Å². The molecule has 0 fully saturated rings. The number of fused-ring (bicyclic) bond motifs is 1. The maximum absolute atomic E-state index is 10.8. The fraction of sp³-hybridized carbons (Fsp3) is 0.750. The lowest BCUT2D eigenvalue weighted by atomic mass is 9.83. The highest BCUT2D eigenvalue weighted by Gasteiger charge is 2.34. The second kappa shape index (κ2) is 14.3. The van der Waals surface area contributed by atoms with Crippen LogP contribution in [0.1, 0.15) is 121 Å². The van der Waals surface area contributed by atoms with E-state index in [9.17, 15) is 5.11 Å². The summed E-state index contributed by atoms with van der Waals surface area (Å²) < 4.78 is 6.72. The van der Waals surface area contributed by atoms with E-state index < -0.39 is 0 Å². The molecule has 3 unspecified atom stereocenters. The molecule has 3 nitrogen and oxygen atoms in total. The maximum Gasteiger partial charge on any atom is 0.127 e. The van der Waals surface area contributed by atoms with Crippen molar-refractivity contribution in [1.29, 1.82) is 0 Å². The van der Waals surface area contributed by atoms with Gasteiger partial charge in [0.2, 0.25) is 0 Å². The van der Waals surface area contributed by atoms with E-state index >= 15 is 0 Å². The largest absolute Gasteiger partial charge is 0.507 e. The predicted octanol–water partition coefficient (Wildman–Crippen LogP) is 8.81. The standard InChI is InChI=1S/C32H55NO2/c1-9-21-33-22-29-28-18-20-32(8,35-31(28)27(7)26(6)30(29)34)19-12-17-25(5)16-11-15-24(4)14-10-13-23(2)3/h9,23-25,33-34H,1,10-22H2,2-8H3. The van der Waals surface area contributed by atoms with Crippen LogP contribution in [0.5, 0.6) is 11.5 Å². The van der Waals surface area contributed by atoms with Crippen molar-refractivity contribution in [3.63, 3.8) is 0 Å². The van der Waals surface area contributed by atoms with Crippen LogP contribution in [0, 0.1) is 31.6 Å². The van der Waals surface area contributed by atoms with Gasteiger partial charge in [-0.3, -0.25) is 0 Å². The van der Waals surface area contributed by atoms with Crippen molar-refractivity contribution >= 4 is 0 Å². The fourth-order valence-electron chi connectivity index (χ4n) is 5.64. The molecule has 0 bridgehead atoms. The number of hydrogen-bond donors (Lipinski definition) is 2. The monoisotopic (exact) mass is 485 g/mol. The Morgan fingerprint density at radius 3 is 2.17 bits per heavy atom. The summed E-state index contributed by atoms with van der Waals surface area (Å²) in [4.78, 5) is 0. The van der Waals surface area contributed by atoms with Crippen molar-refractivity contribution in [1.82, 2.24) is 5.32 Å². The molecule has 35 heavy (non-hydrogen) atoms. The van der Waals surface area contributed by atoms with Crippen LogP contribution >= 0.6 is 0 Å². The molecule has 2 N–H and O–H groups in total. The molecule has 0 aliphatic carbocycles. The Hall–Kier alpha value is -1.48. The average molecular weight is 486 g/mol. The molecule has 0 aromatic heterocycles. The summed E-state index contributed by atoms with van der Waals surface area (Å²) in [6.45, 7) is 21.1. The number of nitrogens with one attached hydrogen (secondary N) is 1. The number of benzene rings is 1. The summed E-state index contributed by atoms with van der Waals surface area (Å²) in [7, 11) is 0. The Balaban J connectivity index is 1.84. The number of hydrogen-bond acceptors (Lipinski definition) is 3. The van der Waals surface area contributed by atoms with E-state index in [0.29, 0.717) is 12.3 Å². The van der Waals surface area contributed by atoms with Gasteiger partial charge in [0, 0.05) is 24.2 Å². The SMILES string of the molecule is C=CCNCc1c(O)c(C)c(C)c2c1CCC(C)(CCCC(C)CCCC(C)CCCC(C)C)O2. The zero-order valence-corrected chi connectivity index (χ0v) is 24.1. The van der Waals surface area contributed by atoms with Crippen LogP contribution in [0.2, 0.25) is 0 Å². The minimum absolute atomic E-state index is 0.113. The van der Waals surface area contributed by atoms with E-state index in [2.05, 4.69) is 53.4 Å². The van der Waals surface area contributed by atoms with Gasteiger partial charge in [-0.2, -0.15) is 0 Å². The van der Waals surface area contributed by atoms with E-state index in [1.807, 2.05) is 13.0 Å². The number of phenols is 1. The van der Waals surface area contributed by atoms with Crippen molar-refractivity contribution < 1.29 is 9.84 Å². The lowest BCUT2D eigenvalue weighted by molar-refractivity contribution is 0.0510. The minimum atomic E-state index is -0.113. The molecule has 200 valence electrons. The molecule has 1 aliphatic heterocycles. The summed E-state index contributed by atoms with van der Waals surface area (Å²) in [6, 6.07) is 0. The Bertz CT molecular complexity index is 799. The quantitative estimate of drug-likeness (QED) is 0.181. The maximum atomic E-state index is 10.8. The van der Waals surface area contributed by atoms with Gasteiger partial charge in [-0.1, -0.05) is 78.7 Å². The van der Waals surface area contributed by atoms with E-state index in [0.717, 1.165) is 66.0 Å². The summed E-state index contributed by atoms with van der Waals surface area (Å²) in [5.74, 6) is 3.95. The van der Waals surface area contributed by atoms with Crippen LogP contribution in [-0.2, 0) is 13.0 Å². The van der Waals surface area contributed by atoms with Crippen molar-refractivity contribution in [2.24, 2.45) is 17.8 Å². The fourth-order valence-corrected chi connectivity index (χ4v) is 5.64. The van der Waals surface area contributed by atoms with E-state index in [4.69, 9.17) is 4.74 Å². The van der Waals surface area contributed by atoms with Gasteiger partial charge >= 0.3 is 0 Å². The molecule has 0 saturated heterocycles. The molecule has 0 saturated carbocycles. The second-order valence-electron chi connectivity index (χ2n) is 12.2. The van der Waals surface area contributed by atoms with Gasteiger partial charge in [-0.15, -0.1) is 6.58 Å². The zero-order valence-electron chi connectivity index (χ0n) is 24.1. The van der Waals surface area contributed by atoms with Gasteiger partial charge < -0.3 is 15.2 Å². The highest BCUT2D eigenvalue weighted by molar-refractivity contribution is 5.58.